The van der Waals surface area contributed by atoms with Gasteiger partial charge in [-0.25, -0.2) is 4.39 Å². The Hall–Kier alpha value is -2.90. The smallest absolute Gasteiger partial charge is 0.292 e. The van der Waals surface area contributed by atoms with Crippen LogP contribution in [0.15, 0.2) is 41.2 Å². The van der Waals surface area contributed by atoms with Crippen molar-refractivity contribution < 1.29 is 18.5 Å². The third kappa shape index (κ3) is 3.01. The van der Waals surface area contributed by atoms with Gasteiger partial charge < -0.3 is 14.2 Å². The van der Waals surface area contributed by atoms with Crippen LogP contribution in [0.2, 0.25) is 0 Å². The van der Waals surface area contributed by atoms with Crippen LogP contribution in [-0.2, 0) is 0 Å². The molecule has 0 aliphatic carbocycles. The van der Waals surface area contributed by atoms with Gasteiger partial charge in [-0.05, 0) is 12.1 Å². The second-order valence-electron chi connectivity index (χ2n) is 5.18. The summed E-state index contributed by atoms with van der Waals surface area (Å²) in [6.45, 7) is 1.59. The molecule has 0 atom stereocenters. The first-order chi connectivity index (χ1) is 11.1. The van der Waals surface area contributed by atoms with Crippen molar-refractivity contribution in [2.24, 2.45) is 0 Å². The summed E-state index contributed by atoms with van der Waals surface area (Å²) < 4.78 is 18.3. The molecule has 1 aliphatic rings. The van der Waals surface area contributed by atoms with Crippen LogP contribution in [0.1, 0.15) is 10.4 Å². The third-order valence-corrected chi connectivity index (χ3v) is 3.81. The topological polar surface area (TPSA) is 79.8 Å². The van der Waals surface area contributed by atoms with Crippen LogP contribution in [0.25, 0.3) is 0 Å². The molecule has 1 aliphatic heterocycles. The predicted octanol–water partition coefficient (Wildman–Crippen LogP) is 2.29. The number of furan rings is 1. The fourth-order valence-corrected chi connectivity index (χ4v) is 2.62. The highest BCUT2D eigenvalue weighted by Crippen LogP contribution is 2.29. The lowest BCUT2D eigenvalue weighted by Crippen LogP contribution is -2.48. The molecule has 3 rings (SSSR count). The Labute approximate surface area is 131 Å². The van der Waals surface area contributed by atoms with Crippen molar-refractivity contribution in [3.8, 4) is 0 Å². The van der Waals surface area contributed by atoms with Gasteiger partial charge >= 0.3 is 0 Å². The molecule has 120 valence electrons. The van der Waals surface area contributed by atoms with E-state index in [1.54, 1.807) is 15.9 Å². The number of carbonyl (C=O) groups is 1. The maximum absolute atomic E-state index is 13.4. The number of amides is 1. The summed E-state index contributed by atoms with van der Waals surface area (Å²) in [5.74, 6) is -0.672. The van der Waals surface area contributed by atoms with Crippen LogP contribution < -0.4 is 4.90 Å². The summed E-state index contributed by atoms with van der Waals surface area (Å²) in [5, 5.41) is 11.1. The van der Waals surface area contributed by atoms with E-state index in [1.807, 2.05) is 0 Å². The first-order valence-corrected chi connectivity index (χ1v) is 7.06. The van der Waals surface area contributed by atoms with Gasteiger partial charge in [0.1, 0.15) is 17.8 Å². The molecule has 1 saturated heterocycles. The summed E-state index contributed by atoms with van der Waals surface area (Å²) in [7, 11) is 0. The number of rotatable bonds is 3. The van der Waals surface area contributed by atoms with Crippen LogP contribution in [0.3, 0.4) is 0 Å². The van der Waals surface area contributed by atoms with Crippen molar-refractivity contribution in [2.45, 2.75) is 0 Å². The van der Waals surface area contributed by atoms with Crippen molar-refractivity contribution in [1.29, 1.82) is 0 Å². The Morgan fingerprint density at radius 3 is 2.57 bits per heavy atom. The highest BCUT2D eigenvalue weighted by atomic mass is 19.1. The number of piperazine rings is 1. The maximum Gasteiger partial charge on any atom is 0.292 e. The normalized spacial score (nSPS) is 14.8. The Kier molecular flexibility index (Phi) is 3.96. The molecule has 2 aromatic rings. The number of nitro benzene ring substituents is 1. The van der Waals surface area contributed by atoms with Crippen molar-refractivity contribution in [1.82, 2.24) is 4.90 Å². The molecular formula is C15H14FN3O4. The Bertz CT molecular complexity index is 724. The minimum Gasteiger partial charge on any atom is -0.472 e. The van der Waals surface area contributed by atoms with Gasteiger partial charge in [-0.15, -0.1) is 0 Å². The van der Waals surface area contributed by atoms with E-state index in [0.717, 1.165) is 18.2 Å². The predicted molar refractivity (Wildman–Crippen MR) is 79.9 cm³/mol. The van der Waals surface area contributed by atoms with Gasteiger partial charge in [-0.2, -0.15) is 0 Å². The first-order valence-electron chi connectivity index (χ1n) is 7.06. The summed E-state index contributed by atoms with van der Waals surface area (Å²) in [5.41, 5.74) is 0.571. The van der Waals surface area contributed by atoms with Gasteiger partial charge in [0.25, 0.3) is 11.6 Å². The summed E-state index contributed by atoms with van der Waals surface area (Å²) in [6, 6.07) is 4.98. The molecule has 0 N–H and O–H groups in total. The van der Waals surface area contributed by atoms with Crippen LogP contribution in [-0.4, -0.2) is 41.9 Å². The lowest BCUT2D eigenvalue weighted by Gasteiger charge is -2.35. The summed E-state index contributed by atoms with van der Waals surface area (Å²) >= 11 is 0. The van der Waals surface area contributed by atoms with Crippen LogP contribution >= 0.6 is 0 Å². The second kappa shape index (κ2) is 6.07. The number of nitro groups is 1. The highest BCUT2D eigenvalue weighted by molar-refractivity contribution is 5.94. The average molecular weight is 319 g/mol. The zero-order valence-corrected chi connectivity index (χ0v) is 12.1. The molecule has 7 nitrogen and oxygen atoms in total. The number of anilines is 1. The van der Waals surface area contributed by atoms with E-state index in [4.69, 9.17) is 4.42 Å². The fraction of sp³-hybridized carbons (Fsp3) is 0.267. The molecular weight excluding hydrogens is 305 g/mol. The van der Waals surface area contributed by atoms with Crippen molar-refractivity contribution in [3.63, 3.8) is 0 Å². The van der Waals surface area contributed by atoms with Crippen molar-refractivity contribution in [3.05, 3.63) is 58.3 Å². The van der Waals surface area contributed by atoms with Gasteiger partial charge in [0.05, 0.1) is 16.7 Å². The standard InChI is InChI=1S/C15H14FN3O4/c16-12-1-2-13(19(21)22)14(9-12)17-4-6-18(7-5-17)15(20)11-3-8-23-10-11/h1-3,8-10H,4-7H2. The number of benzene rings is 1. The minimum atomic E-state index is -0.530. The van der Waals surface area contributed by atoms with E-state index < -0.39 is 10.7 Å². The van der Waals surface area contributed by atoms with Crippen LogP contribution in [0.4, 0.5) is 15.8 Å². The van der Waals surface area contributed by atoms with Crippen molar-refractivity contribution in [2.75, 3.05) is 31.1 Å². The van der Waals surface area contributed by atoms with E-state index >= 15 is 0 Å². The summed E-state index contributed by atoms with van der Waals surface area (Å²) in [4.78, 5) is 26.1. The number of carbonyl (C=O) groups excluding carboxylic acids is 1. The lowest BCUT2D eigenvalue weighted by atomic mass is 10.2. The summed E-state index contributed by atoms with van der Waals surface area (Å²) in [6.07, 6.45) is 2.81. The largest absolute Gasteiger partial charge is 0.472 e. The van der Waals surface area contributed by atoms with Gasteiger partial charge in [-0.3, -0.25) is 14.9 Å². The number of hydrogen-bond donors (Lipinski definition) is 0. The lowest BCUT2D eigenvalue weighted by molar-refractivity contribution is -0.384. The number of halogens is 1. The van der Waals surface area contributed by atoms with E-state index in [-0.39, 0.29) is 17.3 Å². The van der Waals surface area contributed by atoms with Gasteiger partial charge in [-0.1, -0.05) is 0 Å². The Morgan fingerprint density at radius 2 is 1.96 bits per heavy atom. The number of nitrogens with zero attached hydrogens (tertiary/aromatic N) is 3. The molecule has 1 aromatic carbocycles. The minimum absolute atomic E-state index is 0.138. The molecule has 0 unspecified atom stereocenters. The van der Waals surface area contributed by atoms with Gasteiger partial charge in [0, 0.05) is 38.3 Å². The molecule has 0 saturated carbocycles. The Morgan fingerprint density at radius 1 is 1.22 bits per heavy atom. The monoisotopic (exact) mass is 319 g/mol. The van der Waals surface area contributed by atoms with Crippen molar-refractivity contribution >= 4 is 17.3 Å². The first kappa shape index (κ1) is 15.0. The zero-order chi connectivity index (χ0) is 16.4. The average Bonchev–Trinajstić information content (AvgIpc) is 3.08. The third-order valence-electron chi connectivity index (χ3n) is 3.81. The van der Waals surface area contributed by atoms with E-state index in [2.05, 4.69) is 0 Å². The highest BCUT2D eigenvalue weighted by Gasteiger charge is 2.27. The van der Waals surface area contributed by atoms with E-state index in [9.17, 15) is 19.3 Å². The maximum atomic E-state index is 13.4. The fourth-order valence-electron chi connectivity index (χ4n) is 2.62. The Balaban J connectivity index is 1.73. The van der Waals surface area contributed by atoms with Gasteiger partial charge in [0.2, 0.25) is 0 Å². The van der Waals surface area contributed by atoms with Crippen LogP contribution in [0, 0.1) is 15.9 Å². The molecule has 0 bridgehead atoms. The molecule has 0 spiro atoms. The second-order valence-corrected chi connectivity index (χ2v) is 5.18. The molecule has 8 heteroatoms. The molecule has 23 heavy (non-hydrogen) atoms. The SMILES string of the molecule is O=C(c1ccoc1)N1CCN(c2cc(F)ccc2[N+](=O)[O-])CC1. The molecule has 1 fully saturated rings. The van der Waals surface area contributed by atoms with E-state index in [0.29, 0.717) is 31.7 Å². The van der Waals surface area contributed by atoms with E-state index in [1.165, 1.54) is 12.5 Å². The molecule has 1 aromatic heterocycles. The zero-order valence-electron chi connectivity index (χ0n) is 12.1. The molecule has 0 radical (unpaired) electrons. The molecule has 1 amide bonds. The number of hydrogen-bond acceptors (Lipinski definition) is 5. The quantitative estimate of drug-likeness (QED) is 0.640. The van der Waals surface area contributed by atoms with Gasteiger partial charge in [0.15, 0.2) is 0 Å². The van der Waals surface area contributed by atoms with Crippen LogP contribution in [0.5, 0.6) is 0 Å². The molecule has 2 heterocycles.